The van der Waals surface area contributed by atoms with Crippen molar-refractivity contribution in [3.63, 3.8) is 0 Å². The van der Waals surface area contributed by atoms with Gasteiger partial charge in [-0.05, 0) is 34.1 Å². The Bertz CT molecular complexity index is 653. The van der Waals surface area contributed by atoms with E-state index in [1.807, 2.05) is 46.7 Å². The van der Waals surface area contributed by atoms with E-state index in [0.29, 0.717) is 0 Å². The number of aryl methyl sites for hydroxylation is 1. The highest BCUT2D eigenvalue weighted by Gasteiger charge is 2.07. The fraction of sp³-hybridized carbons (Fsp3) is 0.0909. The summed E-state index contributed by atoms with van der Waals surface area (Å²) in [5, 5.41) is 4.14. The molecule has 0 aliphatic rings. The molecule has 0 unspecified atom stereocenters. The first kappa shape index (κ1) is 9.59. The summed E-state index contributed by atoms with van der Waals surface area (Å²) >= 11 is 3.44. The number of hydrogen-bond acceptors (Lipinski definition) is 2. The number of hydrogen-bond donors (Lipinski definition) is 0. The van der Waals surface area contributed by atoms with Crippen LogP contribution in [0.1, 0.15) is 0 Å². The van der Waals surface area contributed by atoms with Crippen LogP contribution in [0.25, 0.3) is 17.0 Å². The van der Waals surface area contributed by atoms with Gasteiger partial charge in [0.05, 0.1) is 5.69 Å². The van der Waals surface area contributed by atoms with Gasteiger partial charge < -0.3 is 4.40 Å². The van der Waals surface area contributed by atoms with E-state index in [1.165, 1.54) is 0 Å². The van der Waals surface area contributed by atoms with Crippen LogP contribution in [0.15, 0.2) is 41.3 Å². The van der Waals surface area contributed by atoms with Crippen molar-refractivity contribution in [3.05, 3.63) is 41.3 Å². The van der Waals surface area contributed by atoms with Crippen LogP contribution in [0.5, 0.6) is 0 Å². The van der Waals surface area contributed by atoms with Crippen LogP contribution >= 0.6 is 15.9 Å². The molecule has 4 nitrogen and oxygen atoms in total. The van der Waals surface area contributed by atoms with Crippen molar-refractivity contribution < 1.29 is 0 Å². The summed E-state index contributed by atoms with van der Waals surface area (Å²) < 4.78 is 4.84. The summed E-state index contributed by atoms with van der Waals surface area (Å²) in [5.74, 6) is 0. The predicted octanol–water partition coefficient (Wildman–Crippen LogP) is 2.50. The van der Waals surface area contributed by atoms with Crippen LogP contribution in [-0.4, -0.2) is 19.2 Å². The molecule has 80 valence electrons. The number of nitrogens with zero attached hydrogens (tertiary/aromatic N) is 4. The normalized spacial score (nSPS) is 11.1. The molecule has 3 heterocycles. The zero-order valence-electron chi connectivity index (χ0n) is 8.63. The maximum Gasteiger partial charge on any atom is 0.137 e. The number of halogens is 1. The van der Waals surface area contributed by atoms with Gasteiger partial charge in [0, 0.05) is 30.1 Å². The smallest absolute Gasteiger partial charge is 0.137 e. The van der Waals surface area contributed by atoms with Gasteiger partial charge in [0.2, 0.25) is 0 Å². The Hall–Kier alpha value is -1.62. The van der Waals surface area contributed by atoms with Crippen molar-refractivity contribution in [1.82, 2.24) is 19.2 Å². The molecule has 0 aromatic carbocycles. The lowest BCUT2D eigenvalue weighted by Gasteiger charge is -1.94. The van der Waals surface area contributed by atoms with Gasteiger partial charge in [0.15, 0.2) is 0 Å². The standard InChI is InChI=1S/C11H9BrN4/c1-15-10(4-5-13-15)9-7-16-6-8(12)2-3-11(16)14-9/h2-7H,1H3. The Labute approximate surface area is 101 Å². The van der Waals surface area contributed by atoms with Crippen molar-refractivity contribution in [2.75, 3.05) is 0 Å². The average molecular weight is 277 g/mol. The topological polar surface area (TPSA) is 35.1 Å². The number of aromatic nitrogens is 4. The van der Waals surface area contributed by atoms with E-state index in [1.54, 1.807) is 6.20 Å². The molecule has 0 saturated carbocycles. The number of fused-ring (bicyclic) bond motifs is 1. The largest absolute Gasteiger partial charge is 0.305 e. The molecule has 3 aromatic rings. The molecule has 0 radical (unpaired) electrons. The van der Waals surface area contributed by atoms with E-state index in [2.05, 4.69) is 26.0 Å². The van der Waals surface area contributed by atoms with E-state index >= 15 is 0 Å². The Morgan fingerprint density at radius 2 is 2.06 bits per heavy atom. The second-order valence-corrected chi connectivity index (χ2v) is 4.49. The molecule has 0 spiro atoms. The lowest BCUT2D eigenvalue weighted by Crippen LogP contribution is -1.92. The van der Waals surface area contributed by atoms with Crippen molar-refractivity contribution in [3.8, 4) is 11.4 Å². The molecule has 0 fully saturated rings. The van der Waals surface area contributed by atoms with Gasteiger partial charge in [-0.3, -0.25) is 4.68 Å². The molecule has 3 aromatic heterocycles. The first-order valence-corrected chi connectivity index (χ1v) is 5.66. The Morgan fingerprint density at radius 3 is 2.81 bits per heavy atom. The van der Waals surface area contributed by atoms with Gasteiger partial charge >= 0.3 is 0 Å². The van der Waals surface area contributed by atoms with Crippen LogP contribution in [-0.2, 0) is 7.05 Å². The van der Waals surface area contributed by atoms with Gasteiger partial charge in [0.1, 0.15) is 11.3 Å². The summed E-state index contributed by atoms with van der Waals surface area (Å²) in [6, 6.07) is 5.91. The molecule has 0 saturated heterocycles. The van der Waals surface area contributed by atoms with Gasteiger partial charge in [0.25, 0.3) is 0 Å². The molecule has 0 amide bonds. The van der Waals surface area contributed by atoms with Crippen molar-refractivity contribution in [1.29, 1.82) is 0 Å². The van der Waals surface area contributed by atoms with Crippen LogP contribution in [0.2, 0.25) is 0 Å². The lowest BCUT2D eigenvalue weighted by atomic mass is 10.3. The van der Waals surface area contributed by atoms with E-state index in [9.17, 15) is 0 Å². The monoisotopic (exact) mass is 276 g/mol. The third kappa shape index (κ3) is 1.44. The molecular weight excluding hydrogens is 268 g/mol. The van der Waals surface area contributed by atoms with E-state index in [0.717, 1.165) is 21.5 Å². The number of imidazole rings is 1. The highest BCUT2D eigenvalue weighted by Crippen LogP contribution is 2.19. The van der Waals surface area contributed by atoms with Crippen molar-refractivity contribution >= 4 is 21.6 Å². The van der Waals surface area contributed by atoms with Gasteiger partial charge in [-0.2, -0.15) is 5.10 Å². The fourth-order valence-corrected chi connectivity index (χ4v) is 2.07. The summed E-state index contributed by atoms with van der Waals surface area (Å²) in [6.07, 6.45) is 5.76. The highest BCUT2D eigenvalue weighted by molar-refractivity contribution is 9.10. The van der Waals surface area contributed by atoms with Gasteiger partial charge in [-0.1, -0.05) is 0 Å². The average Bonchev–Trinajstić information content (AvgIpc) is 2.82. The zero-order chi connectivity index (χ0) is 11.1. The minimum absolute atomic E-state index is 0.929. The van der Waals surface area contributed by atoms with Crippen LogP contribution in [0, 0.1) is 0 Å². The third-order valence-electron chi connectivity index (χ3n) is 2.50. The van der Waals surface area contributed by atoms with Gasteiger partial charge in [-0.25, -0.2) is 4.98 Å². The molecule has 16 heavy (non-hydrogen) atoms. The molecule has 0 bridgehead atoms. The maximum atomic E-state index is 4.54. The Morgan fingerprint density at radius 1 is 1.19 bits per heavy atom. The molecule has 0 aliphatic heterocycles. The number of rotatable bonds is 1. The SMILES string of the molecule is Cn1nccc1-c1cn2cc(Br)ccc2n1. The molecule has 0 N–H and O–H groups in total. The van der Waals surface area contributed by atoms with Crippen LogP contribution < -0.4 is 0 Å². The first-order valence-electron chi connectivity index (χ1n) is 4.87. The molecular formula is C11H9BrN4. The minimum Gasteiger partial charge on any atom is -0.305 e. The number of pyridine rings is 1. The molecule has 5 heteroatoms. The van der Waals surface area contributed by atoms with E-state index in [-0.39, 0.29) is 0 Å². The fourth-order valence-electron chi connectivity index (χ4n) is 1.71. The van der Waals surface area contributed by atoms with Crippen molar-refractivity contribution in [2.45, 2.75) is 0 Å². The van der Waals surface area contributed by atoms with Crippen LogP contribution in [0.4, 0.5) is 0 Å². The summed E-state index contributed by atoms with van der Waals surface area (Å²) in [6.45, 7) is 0. The van der Waals surface area contributed by atoms with Crippen LogP contribution in [0.3, 0.4) is 0 Å². The molecule has 0 aliphatic carbocycles. The molecule has 3 rings (SSSR count). The van der Waals surface area contributed by atoms with Gasteiger partial charge in [-0.15, -0.1) is 0 Å². The predicted molar refractivity (Wildman–Crippen MR) is 65.1 cm³/mol. The summed E-state index contributed by atoms with van der Waals surface area (Å²) in [7, 11) is 1.91. The third-order valence-corrected chi connectivity index (χ3v) is 2.97. The Balaban J connectivity index is 2.23. The van der Waals surface area contributed by atoms with E-state index in [4.69, 9.17) is 0 Å². The Kier molecular flexibility index (Phi) is 2.07. The van der Waals surface area contributed by atoms with E-state index < -0.39 is 0 Å². The maximum absolute atomic E-state index is 4.54. The summed E-state index contributed by atoms with van der Waals surface area (Å²) in [4.78, 5) is 4.54. The second-order valence-electron chi connectivity index (χ2n) is 3.58. The highest BCUT2D eigenvalue weighted by atomic mass is 79.9. The minimum atomic E-state index is 0.929. The molecule has 0 atom stereocenters. The van der Waals surface area contributed by atoms with Crippen molar-refractivity contribution in [2.24, 2.45) is 7.05 Å². The second kappa shape index (κ2) is 3.45. The zero-order valence-corrected chi connectivity index (χ0v) is 10.2. The summed E-state index contributed by atoms with van der Waals surface area (Å²) in [5.41, 5.74) is 2.87. The lowest BCUT2D eigenvalue weighted by molar-refractivity contribution is 0.774. The first-order chi connectivity index (χ1) is 7.74. The quantitative estimate of drug-likeness (QED) is 0.685.